The Kier molecular flexibility index (Phi) is 10.5. The van der Waals surface area contributed by atoms with Crippen LogP contribution in [0.4, 0.5) is 26.3 Å². The molecule has 4 aliphatic carbocycles. The Labute approximate surface area is 304 Å². The van der Waals surface area contributed by atoms with Crippen molar-refractivity contribution in [3.63, 3.8) is 0 Å². The van der Waals surface area contributed by atoms with E-state index in [1.54, 1.807) is 18.2 Å². The molecule has 4 saturated carbocycles. The number of rotatable bonds is 15. The molecule has 3 aromatic rings. The summed E-state index contributed by atoms with van der Waals surface area (Å²) in [6, 6.07) is 22.8. The van der Waals surface area contributed by atoms with Crippen molar-refractivity contribution in [3.8, 4) is 0 Å². The van der Waals surface area contributed by atoms with Gasteiger partial charge >= 0.3 is 39.3 Å². The van der Waals surface area contributed by atoms with Gasteiger partial charge in [-0.3, -0.25) is 4.79 Å². The molecule has 4 fully saturated rings. The van der Waals surface area contributed by atoms with E-state index in [9.17, 15) is 26.8 Å². The fraction of sp³-hybridized carbons (Fsp3) is 0.459. The molecule has 2 atom stereocenters. The molecule has 288 valence electrons. The number of alkyl halides is 6. The molecule has 53 heavy (non-hydrogen) atoms. The van der Waals surface area contributed by atoms with E-state index >= 15 is 17.6 Å². The second-order valence-corrected chi connectivity index (χ2v) is 18.4. The lowest BCUT2D eigenvalue weighted by Crippen LogP contribution is -2.61. The Morgan fingerprint density at radius 1 is 0.736 bits per heavy atom. The smallest absolute Gasteiger partial charge is 0.456 e. The number of carbonyl (C=O) groups is 2. The average molecular weight is 789 g/mol. The summed E-state index contributed by atoms with van der Waals surface area (Å²) in [4.78, 5) is 25.8. The SMILES string of the molecule is CCOC(=O)C(F)(F)OC12CC3CC(C1)CC(C(=O)OCCC(F)(F)C(F)(F)S(=O)(=O)OS(c1ccccc1)(c1ccccc1)c1ccccc1)(C3)C2. The molecule has 0 heterocycles. The lowest BCUT2D eigenvalue weighted by molar-refractivity contribution is -0.323. The number of hydrogen-bond donors (Lipinski definition) is 0. The summed E-state index contributed by atoms with van der Waals surface area (Å²) in [6.07, 6.45) is -5.36. The quantitative estimate of drug-likeness (QED) is 0.111. The third-order valence-corrected chi connectivity index (χ3v) is 15.4. The minimum Gasteiger partial charge on any atom is -0.465 e. The van der Waals surface area contributed by atoms with Crippen LogP contribution in [-0.4, -0.2) is 56.5 Å². The number of esters is 2. The first-order valence-corrected chi connectivity index (χ1v) is 20.0. The highest BCUT2D eigenvalue weighted by molar-refractivity contribution is 8.33. The van der Waals surface area contributed by atoms with Gasteiger partial charge in [0.25, 0.3) is 0 Å². The maximum Gasteiger partial charge on any atom is 0.456 e. The van der Waals surface area contributed by atoms with Gasteiger partial charge in [0.05, 0.1) is 30.7 Å². The van der Waals surface area contributed by atoms with Gasteiger partial charge in [-0.05, 0) is 104 Å². The van der Waals surface area contributed by atoms with Crippen LogP contribution in [0.5, 0.6) is 0 Å². The van der Waals surface area contributed by atoms with Gasteiger partial charge in [-0.15, -0.1) is 0 Å². The van der Waals surface area contributed by atoms with Gasteiger partial charge in [-0.25, -0.2) is 8.42 Å². The van der Waals surface area contributed by atoms with E-state index in [0.29, 0.717) is 6.42 Å². The summed E-state index contributed by atoms with van der Waals surface area (Å²) in [6.45, 7) is -0.284. The summed E-state index contributed by atoms with van der Waals surface area (Å²) >= 11 is 0. The van der Waals surface area contributed by atoms with Crippen LogP contribution in [-0.2, 0) is 37.5 Å². The monoisotopic (exact) mass is 788 g/mol. The standard InChI is InChI=1S/C37H38F6O8S2/c1-2-48-32(45)36(40,41)50-34-23-26-20-27(24-34)22-33(21-26,25-34)31(44)49-19-18-35(38,39)37(42,43)53(46,47)51-52(28-12-6-3-7-13-28,29-14-8-4-9-15-29)30-16-10-5-11-17-30/h3-17,26-27H,2,18-25H2,1H3. The van der Waals surface area contributed by atoms with Crippen LogP contribution in [0.3, 0.4) is 0 Å². The molecule has 0 amide bonds. The van der Waals surface area contributed by atoms with Crippen LogP contribution in [0, 0.1) is 17.3 Å². The van der Waals surface area contributed by atoms with Gasteiger partial charge in [-0.2, -0.15) is 34.8 Å². The first kappa shape index (κ1) is 39.1. The van der Waals surface area contributed by atoms with Crippen molar-refractivity contribution < 1.29 is 62.2 Å². The normalized spacial score (nSPS) is 24.8. The number of hydrogen-bond acceptors (Lipinski definition) is 8. The minimum absolute atomic E-state index is 0.119. The van der Waals surface area contributed by atoms with Crippen molar-refractivity contribution in [1.29, 1.82) is 0 Å². The molecule has 3 aromatic carbocycles. The fourth-order valence-corrected chi connectivity index (χ4v) is 13.6. The van der Waals surface area contributed by atoms with Crippen molar-refractivity contribution in [2.75, 3.05) is 13.2 Å². The third-order valence-electron chi connectivity index (χ3n) is 10.1. The average Bonchev–Trinajstić information content (AvgIpc) is 3.10. The van der Waals surface area contributed by atoms with E-state index < -0.39 is 73.7 Å². The van der Waals surface area contributed by atoms with Crippen LogP contribution in [0.15, 0.2) is 106 Å². The zero-order chi connectivity index (χ0) is 38.3. The molecule has 0 radical (unpaired) electrons. The van der Waals surface area contributed by atoms with E-state index in [-0.39, 0.29) is 65.2 Å². The predicted octanol–water partition coefficient (Wildman–Crippen LogP) is 8.90. The Bertz CT molecular complexity index is 1790. The van der Waals surface area contributed by atoms with E-state index in [4.69, 9.17) is 13.1 Å². The van der Waals surface area contributed by atoms with Crippen LogP contribution in [0.1, 0.15) is 51.9 Å². The Hall–Kier alpha value is -3.60. The molecular formula is C37H38F6O8S2. The van der Waals surface area contributed by atoms with Gasteiger partial charge in [0.15, 0.2) is 0 Å². The van der Waals surface area contributed by atoms with E-state index in [1.807, 2.05) is 0 Å². The molecule has 0 saturated heterocycles. The van der Waals surface area contributed by atoms with Crippen LogP contribution in [0.2, 0.25) is 0 Å². The van der Waals surface area contributed by atoms with Gasteiger partial charge in [0.1, 0.15) is 0 Å². The molecule has 0 N–H and O–H groups in total. The molecule has 0 aliphatic heterocycles. The van der Waals surface area contributed by atoms with Gasteiger partial charge < -0.3 is 14.2 Å². The topological polar surface area (TPSA) is 105 Å². The maximum absolute atomic E-state index is 15.8. The largest absolute Gasteiger partial charge is 0.465 e. The van der Waals surface area contributed by atoms with Crippen molar-refractivity contribution in [2.45, 2.75) is 89.4 Å². The highest BCUT2D eigenvalue weighted by Gasteiger charge is 2.68. The molecule has 7 rings (SSSR count). The van der Waals surface area contributed by atoms with E-state index in [2.05, 4.69) is 4.74 Å². The summed E-state index contributed by atoms with van der Waals surface area (Å²) in [5.74, 6) is -8.81. The molecular weight excluding hydrogens is 751 g/mol. The first-order chi connectivity index (χ1) is 24.9. The molecule has 16 heteroatoms. The lowest BCUT2D eigenvalue weighted by Gasteiger charge is -2.60. The zero-order valence-electron chi connectivity index (χ0n) is 28.5. The number of benzene rings is 3. The summed E-state index contributed by atoms with van der Waals surface area (Å²) in [7, 11) is -10.1. The van der Waals surface area contributed by atoms with Crippen molar-refractivity contribution in [3.05, 3.63) is 91.0 Å². The number of carbonyl (C=O) groups excluding carboxylic acids is 2. The predicted molar refractivity (Wildman–Crippen MR) is 180 cm³/mol. The maximum atomic E-state index is 15.8. The van der Waals surface area contributed by atoms with Crippen LogP contribution >= 0.6 is 10.3 Å². The second-order valence-electron chi connectivity index (χ2n) is 13.9. The van der Waals surface area contributed by atoms with Crippen molar-refractivity contribution in [2.24, 2.45) is 17.3 Å². The third kappa shape index (κ3) is 7.19. The molecule has 4 bridgehead atoms. The highest BCUT2D eigenvalue weighted by Crippen LogP contribution is 2.71. The zero-order valence-corrected chi connectivity index (χ0v) is 30.2. The van der Waals surface area contributed by atoms with Crippen LogP contribution < -0.4 is 0 Å². The second kappa shape index (κ2) is 14.2. The Morgan fingerprint density at radius 3 is 1.66 bits per heavy atom. The molecule has 0 aromatic heterocycles. The Balaban J connectivity index is 1.22. The highest BCUT2D eigenvalue weighted by atomic mass is 32.3. The fourth-order valence-electron chi connectivity index (χ4n) is 8.36. The van der Waals surface area contributed by atoms with Crippen molar-refractivity contribution >= 4 is 32.4 Å². The first-order valence-electron chi connectivity index (χ1n) is 17.0. The molecule has 8 nitrogen and oxygen atoms in total. The van der Waals surface area contributed by atoms with E-state index in [0.717, 1.165) is 0 Å². The minimum atomic E-state index is -6.46. The molecule has 0 spiro atoms. The molecule has 2 unspecified atom stereocenters. The summed E-state index contributed by atoms with van der Waals surface area (Å²) in [5.41, 5.74) is -3.06. The van der Waals surface area contributed by atoms with E-state index in [1.165, 1.54) is 79.7 Å². The number of halogens is 6. The van der Waals surface area contributed by atoms with Gasteiger partial charge in [-0.1, -0.05) is 54.6 Å². The summed E-state index contributed by atoms with van der Waals surface area (Å²) < 4.78 is 139. The Morgan fingerprint density at radius 2 is 1.21 bits per heavy atom. The van der Waals surface area contributed by atoms with Crippen LogP contribution in [0.25, 0.3) is 0 Å². The molecule has 4 aliphatic rings. The summed E-state index contributed by atoms with van der Waals surface area (Å²) in [5, 5.41) is -5.81. The van der Waals surface area contributed by atoms with Gasteiger partial charge in [0.2, 0.25) is 0 Å². The number of ether oxygens (including phenoxy) is 3. The van der Waals surface area contributed by atoms with Crippen molar-refractivity contribution in [1.82, 2.24) is 0 Å². The lowest BCUT2D eigenvalue weighted by atomic mass is 9.48. The van der Waals surface area contributed by atoms with Gasteiger partial charge in [0, 0.05) is 14.7 Å².